The predicted octanol–water partition coefficient (Wildman–Crippen LogP) is 4.51. The average molecular weight is 226 g/mol. The Balaban J connectivity index is 3.24. The van der Waals surface area contributed by atoms with Crippen molar-refractivity contribution in [1.82, 2.24) is 0 Å². The van der Waals surface area contributed by atoms with Crippen molar-refractivity contribution >= 4 is 25.3 Å². The summed E-state index contributed by atoms with van der Waals surface area (Å²) in [7, 11) is 0. The molecular formula is C12H18S2. The Morgan fingerprint density at radius 1 is 0.786 bits per heavy atom. The fourth-order valence-corrected chi connectivity index (χ4v) is 2.46. The Kier molecular flexibility index (Phi) is 3.96. The van der Waals surface area contributed by atoms with Gasteiger partial charge in [-0.15, -0.1) is 25.3 Å². The molecule has 0 aromatic heterocycles. The second kappa shape index (κ2) is 4.63. The largest absolute Gasteiger partial charge is 0.143 e. The van der Waals surface area contributed by atoms with Gasteiger partial charge in [0.2, 0.25) is 0 Å². The summed E-state index contributed by atoms with van der Waals surface area (Å²) in [6.07, 6.45) is 0. The van der Waals surface area contributed by atoms with Crippen LogP contribution in [-0.2, 0) is 0 Å². The third kappa shape index (κ3) is 2.48. The van der Waals surface area contributed by atoms with Gasteiger partial charge in [0.15, 0.2) is 0 Å². The molecule has 2 heteroatoms. The standard InChI is InChI=1S/C12H18S2/c1-7(2)9-5-12(14)10(8(3)4)6-11(9)13/h5-8,13-14H,1-4H3. The maximum Gasteiger partial charge on any atom is 0.00782 e. The van der Waals surface area contributed by atoms with E-state index in [9.17, 15) is 0 Å². The van der Waals surface area contributed by atoms with Crippen LogP contribution in [0.5, 0.6) is 0 Å². The van der Waals surface area contributed by atoms with Gasteiger partial charge < -0.3 is 0 Å². The molecular weight excluding hydrogens is 208 g/mol. The zero-order valence-corrected chi connectivity index (χ0v) is 11.0. The summed E-state index contributed by atoms with van der Waals surface area (Å²) in [5, 5.41) is 0. The van der Waals surface area contributed by atoms with E-state index in [1.165, 1.54) is 11.1 Å². The molecule has 1 aromatic carbocycles. The molecule has 0 nitrogen and oxygen atoms in total. The molecule has 0 N–H and O–H groups in total. The molecule has 1 aromatic rings. The Bertz CT molecular complexity index is 294. The minimum absolute atomic E-state index is 0.509. The molecule has 0 heterocycles. The molecule has 0 amide bonds. The van der Waals surface area contributed by atoms with E-state index in [1.807, 2.05) is 0 Å². The van der Waals surface area contributed by atoms with Crippen LogP contribution in [0.3, 0.4) is 0 Å². The molecule has 0 saturated heterocycles. The van der Waals surface area contributed by atoms with Crippen molar-refractivity contribution in [1.29, 1.82) is 0 Å². The first kappa shape index (κ1) is 12.0. The van der Waals surface area contributed by atoms with E-state index >= 15 is 0 Å². The van der Waals surface area contributed by atoms with E-state index in [0.29, 0.717) is 11.8 Å². The predicted molar refractivity (Wildman–Crippen MR) is 69.1 cm³/mol. The van der Waals surface area contributed by atoms with Crippen molar-refractivity contribution in [2.75, 3.05) is 0 Å². The van der Waals surface area contributed by atoms with E-state index in [0.717, 1.165) is 9.79 Å². The second-order valence-corrected chi connectivity index (χ2v) is 5.24. The van der Waals surface area contributed by atoms with Gasteiger partial charge >= 0.3 is 0 Å². The quantitative estimate of drug-likeness (QED) is 0.681. The minimum atomic E-state index is 0.509. The van der Waals surface area contributed by atoms with Gasteiger partial charge in [-0.1, -0.05) is 27.7 Å². The zero-order chi connectivity index (χ0) is 10.9. The first-order chi connectivity index (χ1) is 6.43. The van der Waals surface area contributed by atoms with Gasteiger partial charge in [0.25, 0.3) is 0 Å². The van der Waals surface area contributed by atoms with Gasteiger partial charge in [0.05, 0.1) is 0 Å². The molecule has 0 saturated carbocycles. The fourth-order valence-electron chi connectivity index (χ4n) is 1.53. The van der Waals surface area contributed by atoms with Crippen molar-refractivity contribution in [2.24, 2.45) is 0 Å². The maximum absolute atomic E-state index is 4.51. The van der Waals surface area contributed by atoms with Crippen LogP contribution in [0, 0.1) is 0 Å². The summed E-state index contributed by atoms with van der Waals surface area (Å²) < 4.78 is 0. The SMILES string of the molecule is CC(C)c1cc(S)c(C(C)C)cc1S. The zero-order valence-electron chi connectivity index (χ0n) is 9.20. The summed E-state index contributed by atoms with van der Waals surface area (Å²) in [6.45, 7) is 8.71. The smallest absolute Gasteiger partial charge is 0.00782 e. The molecule has 0 aliphatic carbocycles. The highest BCUT2D eigenvalue weighted by molar-refractivity contribution is 7.80. The monoisotopic (exact) mass is 226 g/mol. The van der Waals surface area contributed by atoms with Gasteiger partial charge in [-0.3, -0.25) is 0 Å². The molecule has 0 spiro atoms. The summed E-state index contributed by atoms with van der Waals surface area (Å²) in [5.74, 6) is 1.02. The van der Waals surface area contributed by atoms with Crippen molar-refractivity contribution in [3.63, 3.8) is 0 Å². The summed E-state index contributed by atoms with van der Waals surface area (Å²) in [5.41, 5.74) is 2.56. The Hall–Kier alpha value is -0.0800. The van der Waals surface area contributed by atoms with Crippen molar-refractivity contribution < 1.29 is 0 Å². The van der Waals surface area contributed by atoms with Gasteiger partial charge in [0, 0.05) is 9.79 Å². The third-order valence-electron chi connectivity index (χ3n) is 2.42. The highest BCUT2D eigenvalue weighted by Crippen LogP contribution is 2.31. The lowest BCUT2D eigenvalue weighted by molar-refractivity contribution is 0.802. The van der Waals surface area contributed by atoms with Gasteiger partial charge in [-0.25, -0.2) is 0 Å². The normalized spacial score (nSPS) is 11.4. The molecule has 0 atom stereocenters. The summed E-state index contributed by atoms with van der Waals surface area (Å²) in [6, 6.07) is 4.29. The van der Waals surface area contributed by atoms with Crippen molar-refractivity contribution in [3.8, 4) is 0 Å². The third-order valence-corrected chi connectivity index (χ3v) is 3.19. The number of hydrogen-bond donors (Lipinski definition) is 2. The topological polar surface area (TPSA) is 0 Å². The fraction of sp³-hybridized carbons (Fsp3) is 0.500. The van der Waals surface area contributed by atoms with Crippen LogP contribution in [0.1, 0.15) is 50.7 Å². The Labute approximate surface area is 97.9 Å². The van der Waals surface area contributed by atoms with Crippen LogP contribution in [0.25, 0.3) is 0 Å². The molecule has 0 aliphatic heterocycles. The summed E-state index contributed by atoms with van der Waals surface area (Å²) >= 11 is 9.03. The van der Waals surface area contributed by atoms with Crippen molar-refractivity contribution in [3.05, 3.63) is 23.3 Å². The highest BCUT2D eigenvalue weighted by atomic mass is 32.1. The molecule has 0 radical (unpaired) electrons. The number of hydrogen-bond acceptors (Lipinski definition) is 2. The lowest BCUT2D eigenvalue weighted by Gasteiger charge is -2.15. The van der Waals surface area contributed by atoms with Crippen LogP contribution >= 0.6 is 25.3 Å². The van der Waals surface area contributed by atoms with Crippen LogP contribution in [0.4, 0.5) is 0 Å². The van der Waals surface area contributed by atoms with E-state index in [2.05, 4.69) is 65.1 Å². The average Bonchev–Trinajstić information content (AvgIpc) is 2.07. The Morgan fingerprint density at radius 2 is 1.07 bits per heavy atom. The van der Waals surface area contributed by atoms with E-state index in [1.54, 1.807) is 0 Å². The van der Waals surface area contributed by atoms with Crippen LogP contribution in [-0.4, -0.2) is 0 Å². The number of thiol groups is 2. The van der Waals surface area contributed by atoms with Gasteiger partial charge in [-0.05, 0) is 35.1 Å². The maximum atomic E-state index is 4.51. The van der Waals surface area contributed by atoms with Crippen LogP contribution < -0.4 is 0 Å². The molecule has 0 unspecified atom stereocenters. The highest BCUT2D eigenvalue weighted by Gasteiger charge is 2.10. The minimum Gasteiger partial charge on any atom is -0.143 e. The molecule has 0 bridgehead atoms. The molecule has 14 heavy (non-hydrogen) atoms. The summed E-state index contributed by atoms with van der Waals surface area (Å²) in [4.78, 5) is 2.17. The lowest BCUT2D eigenvalue weighted by Crippen LogP contribution is -1.95. The molecule has 0 fully saturated rings. The first-order valence-corrected chi connectivity index (χ1v) is 5.88. The van der Waals surface area contributed by atoms with Gasteiger partial charge in [-0.2, -0.15) is 0 Å². The van der Waals surface area contributed by atoms with Crippen LogP contribution in [0.2, 0.25) is 0 Å². The van der Waals surface area contributed by atoms with Crippen molar-refractivity contribution in [2.45, 2.75) is 49.3 Å². The van der Waals surface area contributed by atoms with E-state index in [4.69, 9.17) is 0 Å². The molecule has 78 valence electrons. The number of benzene rings is 1. The Morgan fingerprint density at radius 3 is 1.29 bits per heavy atom. The number of rotatable bonds is 2. The van der Waals surface area contributed by atoms with Crippen LogP contribution in [0.15, 0.2) is 21.9 Å². The molecule has 0 aliphatic rings. The van der Waals surface area contributed by atoms with E-state index in [-0.39, 0.29) is 0 Å². The van der Waals surface area contributed by atoms with E-state index < -0.39 is 0 Å². The molecule has 1 rings (SSSR count). The van der Waals surface area contributed by atoms with Gasteiger partial charge in [0.1, 0.15) is 0 Å². The first-order valence-electron chi connectivity index (χ1n) is 4.99. The second-order valence-electron chi connectivity index (χ2n) is 4.28. The lowest BCUT2D eigenvalue weighted by atomic mass is 9.97.